The Morgan fingerprint density at radius 1 is 1.50 bits per heavy atom. The molecule has 0 bridgehead atoms. The second-order valence-electron chi connectivity index (χ2n) is 4.27. The maximum atomic E-state index is 12.4. The maximum Gasteiger partial charge on any atom is 0.336 e. The average Bonchev–Trinajstić information content (AvgIpc) is 2.37. The first kappa shape index (κ1) is 17.5. The molecule has 1 aromatic rings. The third-order valence-electron chi connectivity index (χ3n) is 2.87. The van der Waals surface area contributed by atoms with Crippen molar-refractivity contribution in [1.82, 2.24) is 4.31 Å². The van der Waals surface area contributed by atoms with Gasteiger partial charge in [0.2, 0.25) is 10.0 Å². The van der Waals surface area contributed by atoms with Gasteiger partial charge in [-0.25, -0.2) is 13.2 Å². The zero-order valence-electron chi connectivity index (χ0n) is 11.3. The molecule has 112 valence electrons. The van der Waals surface area contributed by atoms with Crippen LogP contribution < -0.4 is 0 Å². The smallest absolute Gasteiger partial charge is 0.336 e. The Bertz CT molecular complexity index is 603. The lowest BCUT2D eigenvalue weighted by Crippen LogP contribution is -2.36. The summed E-state index contributed by atoms with van der Waals surface area (Å²) >= 11 is 4.65. The molecule has 0 aliphatic rings. The SMILES string of the molecule is CSCC(C)N(C)S(=O)(=O)c1ccc(Br)c(C(=O)O)c1. The van der Waals surface area contributed by atoms with Crippen molar-refractivity contribution in [2.75, 3.05) is 19.1 Å². The summed E-state index contributed by atoms with van der Waals surface area (Å²) in [5.41, 5.74) is -0.0722. The topological polar surface area (TPSA) is 74.7 Å². The number of hydrogen-bond donors (Lipinski definition) is 1. The van der Waals surface area contributed by atoms with E-state index < -0.39 is 16.0 Å². The molecule has 0 aliphatic carbocycles. The fourth-order valence-corrected chi connectivity index (χ4v) is 4.18. The van der Waals surface area contributed by atoms with E-state index in [1.165, 1.54) is 29.6 Å². The third-order valence-corrected chi connectivity index (χ3v) is 6.35. The lowest BCUT2D eigenvalue weighted by Gasteiger charge is -2.23. The van der Waals surface area contributed by atoms with Crippen molar-refractivity contribution < 1.29 is 18.3 Å². The summed E-state index contributed by atoms with van der Waals surface area (Å²) in [5, 5.41) is 9.05. The number of thioether (sulfide) groups is 1. The van der Waals surface area contributed by atoms with E-state index >= 15 is 0 Å². The first-order valence-corrected chi connectivity index (χ1v) is 9.34. The van der Waals surface area contributed by atoms with Gasteiger partial charge in [-0.1, -0.05) is 0 Å². The molecule has 0 aromatic heterocycles. The van der Waals surface area contributed by atoms with Gasteiger partial charge in [0.15, 0.2) is 0 Å². The number of benzene rings is 1. The van der Waals surface area contributed by atoms with Gasteiger partial charge in [-0.3, -0.25) is 0 Å². The highest BCUT2D eigenvalue weighted by Crippen LogP contribution is 2.24. The summed E-state index contributed by atoms with van der Waals surface area (Å²) in [5.74, 6) is -0.508. The summed E-state index contributed by atoms with van der Waals surface area (Å²) in [6.45, 7) is 1.81. The maximum absolute atomic E-state index is 12.4. The number of carboxylic acid groups (broad SMARTS) is 1. The molecule has 20 heavy (non-hydrogen) atoms. The van der Waals surface area contributed by atoms with Crippen LogP contribution in [-0.4, -0.2) is 48.9 Å². The van der Waals surface area contributed by atoms with Crippen LogP contribution >= 0.6 is 27.7 Å². The van der Waals surface area contributed by atoms with Gasteiger partial charge in [0.1, 0.15) is 0 Å². The highest BCUT2D eigenvalue weighted by molar-refractivity contribution is 9.10. The van der Waals surface area contributed by atoms with Crippen molar-refractivity contribution in [1.29, 1.82) is 0 Å². The Labute approximate surface area is 131 Å². The van der Waals surface area contributed by atoms with E-state index in [1.807, 2.05) is 13.2 Å². The van der Waals surface area contributed by atoms with Gasteiger partial charge in [-0.05, 0) is 47.3 Å². The van der Waals surface area contributed by atoms with Gasteiger partial charge in [-0.15, -0.1) is 0 Å². The van der Waals surface area contributed by atoms with Crippen LogP contribution in [0.5, 0.6) is 0 Å². The molecule has 1 aromatic carbocycles. The van der Waals surface area contributed by atoms with Gasteiger partial charge in [0.05, 0.1) is 10.5 Å². The number of rotatable bonds is 6. The van der Waals surface area contributed by atoms with Crippen LogP contribution in [0, 0.1) is 0 Å². The zero-order valence-corrected chi connectivity index (χ0v) is 14.5. The molecule has 0 fully saturated rings. The van der Waals surface area contributed by atoms with E-state index in [2.05, 4.69) is 15.9 Å². The number of sulfonamides is 1. The molecule has 0 heterocycles. The van der Waals surface area contributed by atoms with Crippen molar-refractivity contribution in [3.05, 3.63) is 28.2 Å². The minimum atomic E-state index is -3.70. The molecule has 8 heteroatoms. The summed E-state index contributed by atoms with van der Waals surface area (Å²) in [7, 11) is -2.20. The molecule has 1 unspecified atom stereocenters. The van der Waals surface area contributed by atoms with Crippen LogP contribution in [0.15, 0.2) is 27.6 Å². The summed E-state index contributed by atoms with van der Waals surface area (Å²) in [4.78, 5) is 11.0. The second kappa shape index (κ2) is 6.93. The molecular weight excluding hydrogens is 366 g/mol. The quantitative estimate of drug-likeness (QED) is 0.819. The highest BCUT2D eigenvalue weighted by Gasteiger charge is 2.26. The fourth-order valence-electron chi connectivity index (χ4n) is 1.58. The van der Waals surface area contributed by atoms with Gasteiger partial charge in [-0.2, -0.15) is 16.1 Å². The Hall–Kier alpha value is -0.570. The van der Waals surface area contributed by atoms with E-state index in [9.17, 15) is 13.2 Å². The first-order chi connectivity index (χ1) is 9.21. The van der Waals surface area contributed by atoms with Crippen molar-refractivity contribution in [3.8, 4) is 0 Å². The Morgan fingerprint density at radius 2 is 2.10 bits per heavy atom. The number of aromatic carboxylic acids is 1. The molecule has 0 aliphatic heterocycles. The molecule has 0 amide bonds. The largest absolute Gasteiger partial charge is 0.478 e. The van der Waals surface area contributed by atoms with Crippen LogP contribution in [0.3, 0.4) is 0 Å². The number of halogens is 1. The standard InChI is InChI=1S/C12H16BrNO4S2/c1-8(7-19-3)14(2)20(17,18)9-4-5-11(13)10(6-9)12(15)16/h4-6,8H,7H2,1-3H3,(H,15,16). The Balaban J connectivity index is 3.22. The summed E-state index contributed by atoms with van der Waals surface area (Å²) in [6.07, 6.45) is 1.90. The van der Waals surface area contributed by atoms with Crippen LogP contribution in [-0.2, 0) is 10.0 Å². The fraction of sp³-hybridized carbons (Fsp3) is 0.417. The number of carboxylic acids is 1. The normalized spacial score (nSPS) is 13.4. The lowest BCUT2D eigenvalue weighted by atomic mass is 10.2. The summed E-state index contributed by atoms with van der Waals surface area (Å²) < 4.78 is 26.5. The number of carbonyl (C=O) groups is 1. The van der Waals surface area contributed by atoms with Crippen LogP contribution in [0.25, 0.3) is 0 Å². The molecule has 5 nitrogen and oxygen atoms in total. The Kier molecular flexibility index (Phi) is 6.06. The molecule has 1 N–H and O–H groups in total. The first-order valence-electron chi connectivity index (χ1n) is 5.71. The highest BCUT2D eigenvalue weighted by atomic mass is 79.9. The molecule has 0 radical (unpaired) electrons. The van der Waals surface area contributed by atoms with Crippen LogP contribution in [0.1, 0.15) is 17.3 Å². The number of hydrogen-bond acceptors (Lipinski definition) is 4. The van der Waals surface area contributed by atoms with Crippen molar-refractivity contribution >= 4 is 43.7 Å². The predicted molar refractivity (Wildman–Crippen MR) is 83.9 cm³/mol. The second-order valence-corrected chi connectivity index (χ2v) is 8.03. The molecule has 0 saturated carbocycles. The molecular formula is C12H16BrNO4S2. The predicted octanol–water partition coefficient (Wildman–Crippen LogP) is 2.52. The minimum Gasteiger partial charge on any atom is -0.478 e. The van der Waals surface area contributed by atoms with Gasteiger partial charge in [0, 0.05) is 23.3 Å². The summed E-state index contributed by atoms with van der Waals surface area (Å²) in [6, 6.07) is 3.83. The van der Waals surface area contributed by atoms with Crippen LogP contribution in [0.4, 0.5) is 0 Å². The van der Waals surface area contributed by atoms with E-state index in [4.69, 9.17) is 5.11 Å². The monoisotopic (exact) mass is 381 g/mol. The number of nitrogens with zero attached hydrogens (tertiary/aromatic N) is 1. The van der Waals surface area contributed by atoms with E-state index in [-0.39, 0.29) is 16.5 Å². The minimum absolute atomic E-state index is 0.0199. The lowest BCUT2D eigenvalue weighted by molar-refractivity contribution is 0.0695. The molecule has 1 rings (SSSR count). The van der Waals surface area contributed by atoms with Gasteiger partial charge >= 0.3 is 5.97 Å². The molecule has 0 saturated heterocycles. The van der Waals surface area contributed by atoms with E-state index in [0.29, 0.717) is 10.2 Å². The third kappa shape index (κ3) is 3.75. The van der Waals surface area contributed by atoms with Crippen LogP contribution in [0.2, 0.25) is 0 Å². The zero-order chi connectivity index (χ0) is 15.5. The molecule has 1 atom stereocenters. The van der Waals surface area contributed by atoms with E-state index in [0.717, 1.165) is 0 Å². The van der Waals surface area contributed by atoms with Gasteiger partial charge in [0.25, 0.3) is 0 Å². The van der Waals surface area contributed by atoms with E-state index in [1.54, 1.807) is 11.8 Å². The van der Waals surface area contributed by atoms with Gasteiger partial charge < -0.3 is 5.11 Å². The van der Waals surface area contributed by atoms with Crippen molar-refractivity contribution in [2.24, 2.45) is 0 Å². The van der Waals surface area contributed by atoms with Crippen molar-refractivity contribution in [3.63, 3.8) is 0 Å². The Morgan fingerprint density at radius 3 is 2.60 bits per heavy atom. The molecule has 0 spiro atoms. The average molecular weight is 382 g/mol. The van der Waals surface area contributed by atoms with Crippen molar-refractivity contribution in [2.45, 2.75) is 17.9 Å².